The molecule has 0 unspecified atom stereocenters. The van der Waals surface area contributed by atoms with E-state index in [0.29, 0.717) is 22.6 Å². The molecular weight excluding hydrogens is 370 g/mol. The van der Waals surface area contributed by atoms with E-state index < -0.39 is 10.0 Å². The highest BCUT2D eigenvalue weighted by Crippen LogP contribution is 2.28. The van der Waals surface area contributed by atoms with E-state index in [2.05, 4.69) is 9.50 Å². The minimum absolute atomic E-state index is 0.0810. The molecule has 3 rings (SSSR count). The van der Waals surface area contributed by atoms with Gasteiger partial charge >= 0.3 is 0 Å². The van der Waals surface area contributed by atoms with Gasteiger partial charge in [-0.2, -0.15) is 13.5 Å². The summed E-state index contributed by atoms with van der Waals surface area (Å²) in [6.07, 6.45) is 1.52. The number of hydrazone groups is 1. The first-order chi connectivity index (χ1) is 13.0. The van der Waals surface area contributed by atoms with Crippen LogP contribution >= 0.6 is 0 Å². The van der Waals surface area contributed by atoms with Crippen LogP contribution in [0.25, 0.3) is 0 Å². The Labute approximate surface area is 157 Å². The molecule has 0 aromatic heterocycles. The first-order valence-electron chi connectivity index (χ1n) is 8.09. The van der Waals surface area contributed by atoms with Crippen LogP contribution in [0.4, 0.5) is 0 Å². The van der Waals surface area contributed by atoms with Crippen LogP contribution in [-0.2, 0) is 10.0 Å². The van der Waals surface area contributed by atoms with Gasteiger partial charge in [0.05, 0.1) is 33.6 Å². The highest BCUT2D eigenvalue weighted by Gasteiger charge is 2.31. The Morgan fingerprint density at radius 2 is 1.96 bits per heavy atom. The van der Waals surface area contributed by atoms with E-state index in [9.17, 15) is 13.5 Å². The highest BCUT2D eigenvalue weighted by molar-refractivity contribution is 7.90. The number of hydrogen-bond donors (Lipinski definition) is 1. The number of sulfonamides is 1. The van der Waals surface area contributed by atoms with Crippen LogP contribution in [0.1, 0.15) is 11.1 Å². The Balaban J connectivity index is 1.98. The van der Waals surface area contributed by atoms with Gasteiger partial charge in [-0.1, -0.05) is 12.1 Å². The molecule has 1 aliphatic heterocycles. The number of nitrogens with zero attached hydrogens (tertiary/aromatic N) is 3. The zero-order valence-electron chi connectivity index (χ0n) is 14.9. The molecule has 1 N–H and O–H groups in total. The monoisotopic (exact) mass is 389 g/mol. The quantitative estimate of drug-likeness (QED) is 0.593. The van der Waals surface area contributed by atoms with E-state index in [4.69, 9.17) is 9.47 Å². The van der Waals surface area contributed by atoms with Crippen molar-refractivity contribution >= 4 is 22.1 Å². The summed E-state index contributed by atoms with van der Waals surface area (Å²) in [7, 11) is -0.687. The van der Waals surface area contributed by atoms with Crippen molar-refractivity contribution in [2.24, 2.45) is 9.50 Å². The fourth-order valence-corrected chi connectivity index (χ4v) is 3.85. The maximum atomic E-state index is 12.3. The molecule has 0 amide bonds. The summed E-state index contributed by atoms with van der Waals surface area (Å²) in [5, 5.41) is 15.1. The molecule has 8 nitrogen and oxygen atoms in total. The largest absolute Gasteiger partial charge is 0.497 e. The van der Waals surface area contributed by atoms with Gasteiger partial charge in [0.25, 0.3) is 10.0 Å². The molecule has 0 saturated carbocycles. The van der Waals surface area contributed by atoms with Crippen LogP contribution in [0, 0.1) is 0 Å². The van der Waals surface area contributed by atoms with Gasteiger partial charge in [-0.05, 0) is 24.3 Å². The minimum atomic E-state index is -3.77. The van der Waals surface area contributed by atoms with Crippen LogP contribution in [0.2, 0.25) is 0 Å². The van der Waals surface area contributed by atoms with Gasteiger partial charge < -0.3 is 14.6 Å². The summed E-state index contributed by atoms with van der Waals surface area (Å²) in [6.45, 7) is -0.143. The predicted molar refractivity (Wildman–Crippen MR) is 101 cm³/mol. The normalized spacial score (nSPS) is 14.7. The van der Waals surface area contributed by atoms with Crippen LogP contribution in [0.3, 0.4) is 0 Å². The number of methoxy groups -OCH3 is 2. The van der Waals surface area contributed by atoms with Crippen molar-refractivity contribution in [2.45, 2.75) is 4.90 Å². The van der Waals surface area contributed by atoms with Crippen molar-refractivity contribution in [3.05, 3.63) is 53.6 Å². The third kappa shape index (κ3) is 3.79. The Kier molecular flexibility index (Phi) is 5.43. The van der Waals surface area contributed by atoms with Gasteiger partial charge in [-0.15, -0.1) is 4.40 Å². The van der Waals surface area contributed by atoms with Crippen LogP contribution in [-0.4, -0.2) is 58.0 Å². The number of aliphatic hydroxyl groups is 1. The molecule has 0 spiro atoms. The maximum absolute atomic E-state index is 12.3. The summed E-state index contributed by atoms with van der Waals surface area (Å²) in [6, 6.07) is 11.7. The number of amidine groups is 1. The molecule has 27 heavy (non-hydrogen) atoms. The third-order valence-electron chi connectivity index (χ3n) is 3.95. The second kappa shape index (κ2) is 7.77. The number of ether oxygens (including phenoxy) is 2. The van der Waals surface area contributed by atoms with Gasteiger partial charge in [0.2, 0.25) is 0 Å². The Hall–Kier alpha value is -2.91. The van der Waals surface area contributed by atoms with Gasteiger partial charge in [-0.3, -0.25) is 0 Å². The van der Waals surface area contributed by atoms with Crippen molar-refractivity contribution in [3.8, 4) is 11.5 Å². The molecule has 0 fully saturated rings. The summed E-state index contributed by atoms with van der Waals surface area (Å²) < 4.78 is 38.8. The average Bonchev–Trinajstić information content (AvgIpc) is 2.96. The molecule has 142 valence electrons. The van der Waals surface area contributed by atoms with Crippen LogP contribution in [0.5, 0.6) is 11.5 Å². The molecule has 0 saturated heterocycles. The molecule has 9 heteroatoms. The third-order valence-corrected chi connectivity index (χ3v) is 5.27. The lowest BCUT2D eigenvalue weighted by molar-refractivity contribution is 0.254. The summed E-state index contributed by atoms with van der Waals surface area (Å²) >= 11 is 0. The first-order valence-corrected chi connectivity index (χ1v) is 9.53. The van der Waals surface area contributed by atoms with Crippen molar-refractivity contribution in [1.29, 1.82) is 0 Å². The molecular formula is C18H19N3O5S. The van der Waals surface area contributed by atoms with Gasteiger partial charge in [0.15, 0.2) is 5.84 Å². The molecule has 0 atom stereocenters. The molecule has 1 aliphatic rings. The molecule has 2 aromatic carbocycles. The fraction of sp³-hybridized carbons (Fsp3) is 0.222. The standard InChI is InChI=1S/C18H19N3O5S/c1-25-14-8-7-13(16(11-14)26-2)12-19-21(9-10-22)18-15-5-3-4-6-17(15)27(23,24)20-18/h3-8,11-12,22H,9-10H2,1-2H3. The Morgan fingerprint density at radius 1 is 1.19 bits per heavy atom. The van der Waals surface area contributed by atoms with E-state index >= 15 is 0 Å². The van der Waals surface area contributed by atoms with E-state index in [1.54, 1.807) is 43.5 Å². The second-order valence-corrected chi connectivity index (χ2v) is 7.16. The highest BCUT2D eigenvalue weighted by atomic mass is 32.2. The zero-order chi connectivity index (χ0) is 19.4. The smallest absolute Gasteiger partial charge is 0.285 e. The predicted octanol–water partition coefficient (Wildman–Crippen LogP) is 1.48. The second-order valence-electron chi connectivity index (χ2n) is 5.59. The van der Waals surface area contributed by atoms with E-state index in [1.807, 2.05) is 0 Å². The van der Waals surface area contributed by atoms with Gasteiger partial charge in [-0.25, -0.2) is 5.01 Å². The Bertz CT molecular complexity index is 1000. The lowest BCUT2D eigenvalue weighted by Gasteiger charge is -2.17. The maximum Gasteiger partial charge on any atom is 0.285 e. The fourth-order valence-electron chi connectivity index (χ4n) is 2.64. The molecule has 0 aliphatic carbocycles. The Morgan fingerprint density at radius 3 is 2.67 bits per heavy atom. The molecule has 0 radical (unpaired) electrons. The first kappa shape index (κ1) is 18.9. The van der Waals surface area contributed by atoms with E-state index in [0.717, 1.165) is 0 Å². The number of hydrogen-bond acceptors (Lipinski definition) is 7. The zero-order valence-corrected chi connectivity index (χ0v) is 15.7. The number of aliphatic hydroxyl groups excluding tert-OH is 1. The van der Waals surface area contributed by atoms with E-state index in [1.165, 1.54) is 24.4 Å². The van der Waals surface area contributed by atoms with Crippen LogP contribution in [0.15, 0.2) is 56.9 Å². The number of fused-ring (bicyclic) bond motifs is 1. The molecule has 0 bridgehead atoms. The lowest BCUT2D eigenvalue weighted by atomic mass is 10.2. The molecule has 1 heterocycles. The van der Waals surface area contributed by atoms with Gasteiger partial charge in [0.1, 0.15) is 16.4 Å². The SMILES string of the molecule is COc1ccc(C=NN(CCO)C2=NS(=O)(=O)c3ccccc32)c(OC)c1. The summed E-state index contributed by atoms with van der Waals surface area (Å²) in [5.74, 6) is 1.35. The van der Waals surface area contributed by atoms with Gasteiger partial charge in [0, 0.05) is 17.2 Å². The van der Waals surface area contributed by atoms with Crippen molar-refractivity contribution in [1.82, 2.24) is 5.01 Å². The van der Waals surface area contributed by atoms with Crippen molar-refractivity contribution in [2.75, 3.05) is 27.4 Å². The van der Waals surface area contributed by atoms with Crippen molar-refractivity contribution in [3.63, 3.8) is 0 Å². The summed E-state index contributed by atoms with van der Waals surface area (Å²) in [5.41, 5.74) is 1.11. The minimum Gasteiger partial charge on any atom is -0.497 e. The summed E-state index contributed by atoms with van der Waals surface area (Å²) in [4.78, 5) is 0.125. The van der Waals surface area contributed by atoms with Crippen LogP contribution < -0.4 is 9.47 Å². The van der Waals surface area contributed by atoms with Crippen molar-refractivity contribution < 1.29 is 23.0 Å². The number of benzene rings is 2. The topological polar surface area (TPSA) is 101 Å². The average molecular weight is 389 g/mol. The molecule has 2 aromatic rings. The van der Waals surface area contributed by atoms with E-state index in [-0.39, 0.29) is 23.9 Å². The number of rotatable bonds is 6. The lowest BCUT2D eigenvalue weighted by Crippen LogP contribution is -2.28.